The van der Waals surface area contributed by atoms with Crippen LogP contribution in [0, 0.1) is 12.8 Å². The fourth-order valence-electron chi connectivity index (χ4n) is 7.34. The molecular formula is C40H50ClN3O9. The summed E-state index contributed by atoms with van der Waals surface area (Å²) >= 11 is 6.78. The summed E-state index contributed by atoms with van der Waals surface area (Å²) in [5.74, 6) is -2.66. The van der Waals surface area contributed by atoms with Gasteiger partial charge in [0.05, 0.1) is 29.7 Å². The number of benzene rings is 2. The molecule has 286 valence electrons. The number of allylic oxidation sites excluding steroid dienone is 3. The third-order valence-corrected chi connectivity index (χ3v) is 11.3. The lowest BCUT2D eigenvalue weighted by atomic mass is 9.78. The van der Waals surface area contributed by atoms with Crippen LogP contribution in [0.25, 0.3) is 0 Å². The maximum Gasteiger partial charge on any atom is 0.328 e. The molecule has 0 radical (unpaired) electrons. The number of esters is 2. The first-order valence-corrected chi connectivity index (χ1v) is 18.1. The van der Waals surface area contributed by atoms with Crippen molar-refractivity contribution in [3.63, 3.8) is 0 Å². The van der Waals surface area contributed by atoms with Gasteiger partial charge in [-0.05, 0) is 69.5 Å². The second-order valence-corrected chi connectivity index (χ2v) is 15.2. The van der Waals surface area contributed by atoms with E-state index >= 15 is 0 Å². The third kappa shape index (κ3) is 8.46. The predicted molar refractivity (Wildman–Crippen MR) is 200 cm³/mol. The summed E-state index contributed by atoms with van der Waals surface area (Å²) < 4.78 is 23.9. The highest BCUT2D eigenvalue weighted by Gasteiger charge is 2.64. The van der Waals surface area contributed by atoms with Crippen LogP contribution in [0.15, 0.2) is 60.2 Å². The number of epoxide rings is 1. The maximum atomic E-state index is 14.1. The molecule has 2 aromatic carbocycles. The molecule has 0 aliphatic carbocycles. The van der Waals surface area contributed by atoms with E-state index in [2.05, 4.69) is 0 Å². The van der Waals surface area contributed by atoms with Crippen molar-refractivity contribution in [3.8, 4) is 0 Å². The molecule has 0 aromatic heterocycles. The minimum atomic E-state index is -1.57. The van der Waals surface area contributed by atoms with Crippen LogP contribution in [0.5, 0.6) is 0 Å². The zero-order chi connectivity index (χ0) is 39.0. The van der Waals surface area contributed by atoms with Crippen molar-refractivity contribution in [2.75, 3.05) is 31.8 Å². The molecule has 3 aliphatic heterocycles. The van der Waals surface area contributed by atoms with Crippen molar-refractivity contribution < 1.29 is 43.2 Å². The minimum Gasteiger partial charge on any atom is -0.462 e. The number of likely N-dealkylation sites (N-methyl/N-ethyl adjacent to an activating group) is 1. The summed E-state index contributed by atoms with van der Waals surface area (Å²) in [6.45, 7) is 8.93. The second kappa shape index (κ2) is 15.6. The Morgan fingerprint density at radius 2 is 1.91 bits per heavy atom. The fourth-order valence-corrected chi connectivity index (χ4v) is 7.58. The van der Waals surface area contributed by atoms with E-state index < -0.39 is 71.3 Å². The number of methoxy groups -OCH3 is 1. The number of hydrogen-bond donors (Lipinski definition) is 2. The zero-order valence-corrected chi connectivity index (χ0v) is 32.3. The Morgan fingerprint density at radius 1 is 1.19 bits per heavy atom. The molecule has 3 heterocycles. The number of amides is 2. The minimum absolute atomic E-state index is 0.0606. The van der Waals surface area contributed by atoms with Gasteiger partial charge in [-0.15, -0.1) is 0 Å². The quantitative estimate of drug-likeness (QED) is 0.243. The molecule has 13 heteroatoms. The van der Waals surface area contributed by atoms with Gasteiger partial charge in [-0.3, -0.25) is 14.4 Å². The van der Waals surface area contributed by atoms with Gasteiger partial charge < -0.3 is 39.6 Å². The van der Waals surface area contributed by atoms with Crippen LogP contribution < -0.4 is 10.6 Å². The standard InChI is InChI=1S/C40H50ClN3O9/c1-22-11-9-14-31(50-8)40(49)20-30(51-34(46)21-40)24(3)36-39(5,53-36)32(19-33(45)44(7)29-17-26(15-22)16-23(2)35(29)41)52-38(48)25(4)43(6)37(47)27-12-10-13-28(42)18-27/h9-14,16-18,24-25,30-32,36,49H,15,19-21,42H2,1-8H3/b14-9+,22-11+/t24-,25+,30+,31-,32+,36+,39+,40-/m1/s1. The van der Waals surface area contributed by atoms with E-state index in [-0.39, 0.29) is 19.3 Å². The number of hydrogen-bond acceptors (Lipinski definition) is 10. The van der Waals surface area contributed by atoms with E-state index in [9.17, 15) is 24.3 Å². The number of ether oxygens (including phenoxy) is 4. The van der Waals surface area contributed by atoms with E-state index in [1.165, 1.54) is 36.9 Å². The van der Waals surface area contributed by atoms with Gasteiger partial charge in [-0.25, -0.2) is 4.79 Å². The molecule has 0 unspecified atom stereocenters. The molecule has 0 saturated carbocycles. The van der Waals surface area contributed by atoms with E-state index in [0.717, 1.165) is 16.7 Å². The summed E-state index contributed by atoms with van der Waals surface area (Å²) in [6.07, 6.45) is 2.12. The molecule has 12 nitrogen and oxygen atoms in total. The van der Waals surface area contributed by atoms with Gasteiger partial charge in [0.2, 0.25) is 5.91 Å². The van der Waals surface area contributed by atoms with Crippen molar-refractivity contribution in [1.29, 1.82) is 0 Å². The highest BCUT2D eigenvalue weighted by atomic mass is 35.5. The number of aliphatic hydroxyl groups is 1. The van der Waals surface area contributed by atoms with Crippen molar-refractivity contribution in [3.05, 3.63) is 81.9 Å². The molecule has 2 aromatic rings. The van der Waals surface area contributed by atoms with Gasteiger partial charge in [-0.1, -0.05) is 54.5 Å². The van der Waals surface area contributed by atoms with E-state index in [1.54, 1.807) is 44.3 Å². The highest BCUT2D eigenvalue weighted by molar-refractivity contribution is 6.34. The molecule has 2 saturated heterocycles. The van der Waals surface area contributed by atoms with E-state index in [0.29, 0.717) is 28.4 Å². The van der Waals surface area contributed by atoms with Gasteiger partial charge in [0, 0.05) is 44.8 Å². The lowest BCUT2D eigenvalue weighted by Crippen LogP contribution is -2.53. The largest absolute Gasteiger partial charge is 0.462 e. The molecule has 53 heavy (non-hydrogen) atoms. The Morgan fingerprint density at radius 3 is 2.58 bits per heavy atom. The summed E-state index contributed by atoms with van der Waals surface area (Å²) in [4.78, 5) is 56.9. The number of aryl methyl sites for hydroxylation is 1. The molecule has 2 fully saturated rings. The Hall–Kier alpha value is -4.23. The Labute approximate surface area is 315 Å². The Bertz CT molecular complexity index is 1830. The average Bonchev–Trinajstić information content (AvgIpc) is 3.80. The van der Waals surface area contributed by atoms with Crippen molar-refractivity contribution in [1.82, 2.24) is 4.90 Å². The van der Waals surface area contributed by atoms with Crippen LogP contribution in [0.4, 0.5) is 11.4 Å². The molecule has 3 aliphatic rings. The van der Waals surface area contributed by atoms with Crippen molar-refractivity contribution in [2.45, 2.75) is 102 Å². The van der Waals surface area contributed by atoms with Crippen LogP contribution in [-0.4, -0.2) is 96.6 Å². The zero-order valence-electron chi connectivity index (χ0n) is 31.6. The first-order chi connectivity index (χ1) is 24.9. The van der Waals surface area contributed by atoms with E-state index in [4.69, 9.17) is 36.3 Å². The average molecular weight is 752 g/mol. The maximum absolute atomic E-state index is 14.1. The number of nitrogens with zero attached hydrogens (tertiary/aromatic N) is 2. The van der Waals surface area contributed by atoms with Crippen LogP contribution >= 0.6 is 11.6 Å². The lowest BCUT2D eigenvalue weighted by Gasteiger charge is -2.41. The second-order valence-electron chi connectivity index (χ2n) is 14.9. The monoisotopic (exact) mass is 751 g/mol. The van der Waals surface area contributed by atoms with E-state index in [1.807, 2.05) is 39.0 Å². The van der Waals surface area contributed by atoms with Crippen LogP contribution in [0.1, 0.15) is 68.4 Å². The van der Waals surface area contributed by atoms with Crippen molar-refractivity contribution >= 4 is 46.7 Å². The Balaban J connectivity index is 1.51. The molecule has 2 amide bonds. The predicted octanol–water partition coefficient (Wildman–Crippen LogP) is 4.96. The van der Waals surface area contributed by atoms with Crippen LogP contribution in [0.3, 0.4) is 0 Å². The van der Waals surface area contributed by atoms with Gasteiger partial charge in [0.15, 0.2) is 0 Å². The topological polar surface area (TPSA) is 161 Å². The number of rotatable bonds is 5. The fraction of sp³-hybridized carbons (Fsp3) is 0.500. The number of carbonyl (C=O) groups is 4. The molecule has 4 bridgehead atoms. The van der Waals surface area contributed by atoms with Gasteiger partial charge in [-0.2, -0.15) is 0 Å². The molecular weight excluding hydrogens is 702 g/mol. The Kier molecular flexibility index (Phi) is 11.8. The molecule has 3 N–H and O–H groups in total. The first-order valence-electron chi connectivity index (χ1n) is 17.7. The summed E-state index contributed by atoms with van der Waals surface area (Å²) in [5, 5.41) is 12.2. The van der Waals surface area contributed by atoms with Crippen LogP contribution in [0.2, 0.25) is 5.02 Å². The summed E-state index contributed by atoms with van der Waals surface area (Å²) in [5.41, 5.74) is 6.99. The smallest absolute Gasteiger partial charge is 0.328 e. The third-order valence-electron chi connectivity index (χ3n) is 10.8. The molecule has 8 atom stereocenters. The number of nitrogens with two attached hydrogens (primary N) is 1. The summed E-state index contributed by atoms with van der Waals surface area (Å²) in [7, 11) is 4.58. The first kappa shape index (κ1) is 40.0. The number of fused-ring (bicyclic) bond motifs is 5. The van der Waals surface area contributed by atoms with Gasteiger partial charge >= 0.3 is 11.9 Å². The van der Waals surface area contributed by atoms with Gasteiger partial charge in [0.25, 0.3) is 5.91 Å². The normalized spacial score (nSPS) is 31.3. The highest BCUT2D eigenvalue weighted by Crippen LogP contribution is 2.49. The number of carbonyl (C=O) groups excluding carboxylic acids is 4. The number of nitrogen functional groups attached to an aromatic ring is 1. The van der Waals surface area contributed by atoms with Crippen LogP contribution in [-0.2, 0) is 39.8 Å². The lowest BCUT2D eigenvalue weighted by molar-refractivity contribution is -0.187. The SMILES string of the molecule is CO[C@@H]1/C=C/C=C(\C)Cc2cc(C)c(Cl)c(c2)N(C)C(=O)C[C@H](OC(=O)[C@H](C)N(C)C(=O)c2cccc(N)c2)[C@]2(C)O[C@H]2[C@H](C)[C@@H]2C[C@@]1(O)CC(=O)O2. The molecule has 0 spiro atoms. The van der Waals surface area contributed by atoms with Crippen molar-refractivity contribution in [2.24, 2.45) is 5.92 Å². The number of halogens is 1. The molecule has 5 rings (SSSR count). The summed E-state index contributed by atoms with van der Waals surface area (Å²) in [6, 6.07) is 9.19. The van der Waals surface area contributed by atoms with Gasteiger partial charge in [0.1, 0.15) is 35.6 Å². The number of anilines is 2.